The van der Waals surface area contributed by atoms with Crippen molar-refractivity contribution in [1.29, 1.82) is 0 Å². The minimum atomic E-state index is -0.370. The zero-order valence-corrected chi connectivity index (χ0v) is 11.1. The largest absolute Gasteiger partial charge is 0.466 e. The number of ether oxygens (including phenoxy) is 2. The lowest BCUT2D eigenvalue weighted by atomic mass is 9.95. The molecule has 1 saturated carbocycles. The van der Waals surface area contributed by atoms with Crippen molar-refractivity contribution in [1.82, 2.24) is 5.43 Å². The van der Waals surface area contributed by atoms with Crippen LogP contribution in [0.1, 0.15) is 41.8 Å². The van der Waals surface area contributed by atoms with Gasteiger partial charge in [0.15, 0.2) is 0 Å². The van der Waals surface area contributed by atoms with Gasteiger partial charge in [0.05, 0.1) is 24.0 Å². The number of nitrogens with two attached hydrogens (primary N) is 1. The summed E-state index contributed by atoms with van der Waals surface area (Å²) in [5.74, 6) is 5.24. The molecule has 19 heavy (non-hydrogen) atoms. The number of hydrogen-bond donors (Lipinski definition) is 2. The summed E-state index contributed by atoms with van der Waals surface area (Å²) in [6.45, 7) is 0.275. The molecule has 0 saturated heterocycles. The Morgan fingerprint density at radius 1 is 1.53 bits per heavy atom. The van der Waals surface area contributed by atoms with Crippen molar-refractivity contribution < 1.29 is 18.7 Å². The molecule has 1 aromatic heterocycles. The molecular weight excluding hydrogens is 248 g/mol. The van der Waals surface area contributed by atoms with Crippen LogP contribution < -0.4 is 11.3 Å². The van der Waals surface area contributed by atoms with Gasteiger partial charge in [-0.15, -0.1) is 0 Å². The summed E-state index contributed by atoms with van der Waals surface area (Å²) in [7, 11) is 1.73. The van der Waals surface area contributed by atoms with Crippen LogP contribution in [0.25, 0.3) is 0 Å². The van der Waals surface area contributed by atoms with Crippen LogP contribution in [0.2, 0.25) is 0 Å². The molecule has 1 aliphatic rings. The van der Waals surface area contributed by atoms with E-state index >= 15 is 0 Å². The van der Waals surface area contributed by atoms with Gasteiger partial charge in [0.1, 0.15) is 12.4 Å². The maximum Gasteiger partial charge on any atom is 0.268 e. The fraction of sp³-hybridized carbons (Fsp3) is 0.615. The molecule has 2 rings (SSSR count). The molecule has 1 heterocycles. The predicted molar refractivity (Wildman–Crippen MR) is 68.2 cm³/mol. The van der Waals surface area contributed by atoms with Gasteiger partial charge in [-0.05, 0) is 31.7 Å². The molecule has 1 aromatic rings. The van der Waals surface area contributed by atoms with Crippen LogP contribution in [-0.4, -0.2) is 25.2 Å². The van der Waals surface area contributed by atoms with Gasteiger partial charge in [0, 0.05) is 7.11 Å². The number of rotatable bonds is 5. The van der Waals surface area contributed by atoms with E-state index in [0.29, 0.717) is 11.3 Å². The van der Waals surface area contributed by atoms with Crippen molar-refractivity contribution in [2.24, 2.45) is 5.84 Å². The van der Waals surface area contributed by atoms with Gasteiger partial charge in [0.2, 0.25) is 0 Å². The number of hydrazine groups is 1. The molecule has 1 fully saturated rings. The average molecular weight is 268 g/mol. The van der Waals surface area contributed by atoms with E-state index in [2.05, 4.69) is 5.43 Å². The van der Waals surface area contributed by atoms with Crippen molar-refractivity contribution >= 4 is 5.91 Å². The Bertz CT molecular complexity index is 419. The van der Waals surface area contributed by atoms with E-state index in [1.807, 2.05) is 0 Å². The van der Waals surface area contributed by atoms with Crippen molar-refractivity contribution in [3.63, 3.8) is 0 Å². The van der Waals surface area contributed by atoms with E-state index in [9.17, 15) is 4.79 Å². The Morgan fingerprint density at radius 3 is 3.05 bits per heavy atom. The second-order valence-corrected chi connectivity index (χ2v) is 4.69. The van der Waals surface area contributed by atoms with E-state index in [0.717, 1.165) is 25.7 Å². The molecule has 2 unspecified atom stereocenters. The van der Waals surface area contributed by atoms with Crippen LogP contribution in [0.4, 0.5) is 0 Å². The molecule has 0 aliphatic heterocycles. The highest BCUT2D eigenvalue weighted by Crippen LogP contribution is 2.24. The van der Waals surface area contributed by atoms with Gasteiger partial charge in [-0.2, -0.15) is 0 Å². The zero-order valence-electron chi connectivity index (χ0n) is 11.1. The highest BCUT2D eigenvalue weighted by Gasteiger charge is 2.23. The number of nitrogen functional groups attached to an aromatic ring is 1. The third-order valence-corrected chi connectivity index (χ3v) is 3.48. The van der Waals surface area contributed by atoms with Gasteiger partial charge in [-0.3, -0.25) is 10.2 Å². The number of amides is 1. The highest BCUT2D eigenvalue weighted by atomic mass is 16.5. The Labute approximate surface area is 112 Å². The summed E-state index contributed by atoms with van der Waals surface area (Å²) in [5.41, 5.74) is 2.51. The van der Waals surface area contributed by atoms with Crippen LogP contribution in [0.5, 0.6) is 0 Å². The molecule has 0 spiro atoms. The van der Waals surface area contributed by atoms with Crippen LogP contribution in [-0.2, 0) is 16.1 Å². The maximum absolute atomic E-state index is 11.5. The van der Waals surface area contributed by atoms with Gasteiger partial charge < -0.3 is 13.9 Å². The highest BCUT2D eigenvalue weighted by molar-refractivity contribution is 5.94. The maximum atomic E-state index is 11.5. The third kappa shape index (κ3) is 3.56. The number of methoxy groups -OCH3 is 1. The first-order chi connectivity index (χ1) is 9.24. The molecule has 2 atom stereocenters. The molecule has 3 N–H and O–H groups in total. The number of furan rings is 1. The summed E-state index contributed by atoms with van der Waals surface area (Å²) >= 11 is 0. The number of carbonyl (C=O) groups excluding carboxylic acids is 1. The first-order valence-corrected chi connectivity index (χ1v) is 6.46. The minimum Gasteiger partial charge on any atom is -0.466 e. The summed E-state index contributed by atoms with van der Waals surface area (Å²) in [6, 6.07) is 1.58. The van der Waals surface area contributed by atoms with Crippen molar-refractivity contribution in [3.05, 3.63) is 23.7 Å². The Balaban J connectivity index is 1.88. The van der Waals surface area contributed by atoms with Gasteiger partial charge in [-0.25, -0.2) is 5.84 Å². The van der Waals surface area contributed by atoms with Crippen molar-refractivity contribution in [2.45, 2.75) is 44.5 Å². The van der Waals surface area contributed by atoms with E-state index < -0.39 is 0 Å². The normalized spacial score (nSPS) is 23.3. The van der Waals surface area contributed by atoms with Gasteiger partial charge in [0.25, 0.3) is 5.91 Å². The second kappa shape index (κ2) is 6.70. The molecule has 106 valence electrons. The molecule has 1 aliphatic carbocycles. The smallest absolute Gasteiger partial charge is 0.268 e. The molecule has 0 radical (unpaired) electrons. The molecule has 6 heteroatoms. The Kier molecular flexibility index (Phi) is 4.95. The van der Waals surface area contributed by atoms with E-state index in [4.69, 9.17) is 19.7 Å². The fourth-order valence-corrected chi connectivity index (χ4v) is 2.39. The standard InChI is InChI=1S/C13H20N2O4/c1-17-9-3-2-4-10(7-9)19-8-12-11(5-6-18-12)13(16)15-14/h5-6,9-10H,2-4,7-8,14H2,1H3,(H,15,16). The van der Waals surface area contributed by atoms with Crippen LogP contribution >= 0.6 is 0 Å². The van der Waals surface area contributed by atoms with Crippen LogP contribution in [0.15, 0.2) is 16.7 Å². The molecule has 6 nitrogen and oxygen atoms in total. The third-order valence-electron chi connectivity index (χ3n) is 3.48. The summed E-state index contributed by atoms with van der Waals surface area (Å²) in [5, 5.41) is 0. The Morgan fingerprint density at radius 2 is 2.32 bits per heavy atom. The lowest BCUT2D eigenvalue weighted by Gasteiger charge is -2.28. The van der Waals surface area contributed by atoms with Crippen LogP contribution in [0, 0.1) is 0 Å². The fourth-order valence-electron chi connectivity index (χ4n) is 2.39. The van der Waals surface area contributed by atoms with Crippen molar-refractivity contribution in [3.8, 4) is 0 Å². The van der Waals surface area contributed by atoms with Crippen molar-refractivity contribution in [2.75, 3.05) is 7.11 Å². The lowest BCUT2D eigenvalue weighted by Crippen LogP contribution is -2.31. The van der Waals surface area contributed by atoms with Gasteiger partial charge >= 0.3 is 0 Å². The monoisotopic (exact) mass is 268 g/mol. The number of nitrogens with one attached hydrogen (secondary N) is 1. The zero-order chi connectivity index (χ0) is 13.7. The van der Waals surface area contributed by atoms with E-state index in [1.165, 1.54) is 6.26 Å². The topological polar surface area (TPSA) is 86.7 Å². The van der Waals surface area contributed by atoms with E-state index in [-0.39, 0.29) is 24.7 Å². The Hall–Kier alpha value is -1.37. The SMILES string of the molecule is COC1CCCC(OCc2occc2C(=O)NN)C1. The average Bonchev–Trinajstić information content (AvgIpc) is 2.93. The van der Waals surface area contributed by atoms with Gasteiger partial charge in [-0.1, -0.05) is 0 Å². The first kappa shape index (κ1) is 14.0. The summed E-state index contributed by atoms with van der Waals surface area (Å²) < 4.78 is 16.4. The quantitative estimate of drug-likeness (QED) is 0.478. The molecule has 0 aromatic carbocycles. The summed E-state index contributed by atoms with van der Waals surface area (Å²) in [4.78, 5) is 11.5. The number of hydrogen-bond acceptors (Lipinski definition) is 5. The predicted octanol–water partition coefficient (Wildman–Crippen LogP) is 1.36. The first-order valence-electron chi connectivity index (χ1n) is 6.46. The minimum absolute atomic E-state index is 0.151. The second-order valence-electron chi connectivity index (χ2n) is 4.69. The summed E-state index contributed by atoms with van der Waals surface area (Å²) in [6.07, 6.45) is 5.95. The molecule has 0 bridgehead atoms. The lowest BCUT2D eigenvalue weighted by molar-refractivity contribution is -0.0406. The molecule has 1 amide bonds. The molecular formula is C13H20N2O4. The van der Waals surface area contributed by atoms with Crippen LogP contribution in [0.3, 0.4) is 0 Å². The number of carbonyl (C=O) groups is 1. The van der Waals surface area contributed by atoms with E-state index in [1.54, 1.807) is 13.2 Å².